The molecule has 0 saturated heterocycles. The molecule has 4 rings (SSSR count). The molecule has 2 aromatic heterocycles. The summed E-state index contributed by atoms with van der Waals surface area (Å²) in [5, 5.41) is 0.0572. The zero-order chi connectivity index (χ0) is 24.9. The number of aromatic nitrogens is 2. The fourth-order valence-corrected chi connectivity index (χ4v) is 4.65. The number of nitrogens with two attached hydrogens (primary N) is 1. The zero-order valence-electron chi connectivity index (χ0n) is 19.1. The van der Waals surface area contributed by atoms with Gasteiger partial charge in [0.15, 0.2) is 17.4 Å². The van der Waals surface area contributed by atoms with Crippen LogP contribution >= 0.6 is 0 Å². The Bertz CT molecular complexity index is 1190. The van der Waals surface area contributed by atoms with Crippen LogP contribution in [0.5, 0.6) is 11.5 Å². The lowest BCUT2D eigenvalue weighted by Crippen LogP contribution is -2.28. The first-order valence-corrected chi connectivity index (χ1v) is 14.6. The molecule has 11 heteroatoms. The van der Waals surface area contributed by atoms with Crippen molar-refractivity contribution in [3.8, 4) is 11.5 Å². The Morgan fingerprint density at radius 3 is 2.35 bits per heavy atom. The topological polar surface area (TPSA) is 62.3 Å². The van der Waals surface area contributed by atoms with Gasteiger partial charge in [0.25, 0.3) is 0 Å². The number of alkyl halides is 3. The molecule has 1 aliphatic carbocycles. The second-order valence-corrected chi connectivity index (χ2v) is 15.5. The van der Waals surface area contributed by atoms with Gasteiger partial charge in [-0.05, 0) is 24.5 Å². The summed E-state index contributed by atoms with van der Waals surface area (Å²) in [6, 6.07) is 3.95. The fraction of sp³-hybridized carbons (Fsp3) is 0.435. The fourth-order valence-electron chi connectivity index (χ4n) is 3.89. The Balaban J connectivity index is 1.78. The monoisotopic (exact) mass is 499 g/mol. The first kappa shape index (κ1) is 24.5. The van der Waals surface area contributed by atoms with Crippen LogP contribution in [0.15, 0.2) is 30.6 Å². The van der Waals surface area contributed by atoms with Crippen molar-refractivity contribution >= 4 is 24.8 Å². The molecule has 0 aliphatic heterocycles. The number of rotatable bonds is 8. The smallest absolute Gasteiger partial charge is 0.398 e. The van der Waals surface area contributed by atoms with E-state index in [2.05, 4.69) is 24.6 Å². The molecule has 34 heavy (non-hydrogen) atoms. The quantitative estimate of drug-likeness (QED) is 0.164. The maximum atomic E-state index is 14.4. The predicted molar refractivity (Wildman–Crippen MR) is 122 cm³/mol. The molecule has 2 N–H and O–H groups in total. The summed E-state index contributed by atoms with van der Waals surface area (Å²) in [5.74, 6) is -2.99. The molecule has 1 aromatic carbocycles. The van der Waals surface area contributed by atoms with E-state index in [1.54, 1.807) is 0 Å². The van der Waals surface area contributed by atoms with Gasteiger partial charge in [-0.15, -0.1) is 14.1 Å². The predicted octanol–water partition coefficient (Wildman–Crippen LogP) is 6.60. The normalized spacial score (nSPS) is 15.6. The molecule has 0 bridgehead atoms. The standard InChI is InChI=1S/C23H26F5N3O2Si/c1-34(2,3)9-8-32-13-31-12-15(22(5-6-22)23(26,27)28)19-18(4-7-30-21(19)31)33-20-16(24)10-14(29)11-17(20)25/h4,7,10-12H,5-6,8-9,13,29H2,1-3H3/q-1. The van der Waals surface area contributed by atoms with Crippen molar-refractivity contribution in [2.75, 3.05) is 12.3 Å². The number of nitrogens with zero attached hydrogens (tertiary/aromatic N) is 2. The van der Waals surface area contributed by atoms with Crippen LogP contribution in [0.2, 0.25) is 25.7 Å². The number of nitrogen functional groups attached to an aromatic ring is 1. The molecule has 1 fully saturated rings. The van der Waals surface area contributed by atoms with Crippen molar-refractivity contribution in [2.45, 2.75) is 56.8 Å². The lowest BCUT2D eigenvalue weighted by molar-refractivity contribution is -0.160. The van der Waals surface area contributed by atoms with Crippen molar-refractivity contribution in [1.29, 1.82) is 0 Å². The van der Waals surface area contributed by atoms with E-state index in [0.717, 1.165) is 18.2 Å². The number of halogens is 5. The van der Waals surface area contributed by atoms with Gasteiger partial charge in [-0.1, -0.05) is 0 Å². The van der Waals surface area contributed by atoms with Crippen molar-refractivity contribution in [2.24, 2.45) is 0 Å². The molecular weight excluding hydrogens is 473 g/mol. The number of hydrogen-bond donors (Lipinski definition) is 1. The molecule has 0 unspecified atom stereocenters. The Morgan fingerprint density at radius 1 is 1.15 bits per heavy atom. The number of fused-ring (bicyclic) bond motifs is 1. The van der Waals surface area contributed by atoms with Crippen molar-refractivity contribution in [3.05, 3.63) is 47.8 Å². The lowest BCUT2D eigenvalue weighted by atomic mass is 9.95. The van der Waals surface area contributed by atoms with Gasteiger partial charge in [0, 0.05) is 36.8 Å². The molecule has 185 valence electrons. The third-order valence-corrected chi connectivity index (χ3v) is 7.69. The van der Waals surface area contributed by atoms with Crippen LogP contribution in [0, 0.1) is 11.6 Å². The van der Waals surface area contributed by atoms with E-state index in [-0.39, 0.29) is 47.6 Å². The summed E-state index contributed by atoms with van der Waals surface area (Å²) in [6.07, 6.45) is -2.00. The molecule has 0 radical (unpaired) electrons. The average molecular weight is 500 g/mol. The third kappa shape index (κ3) is 4.63. The molecule has 5 nitrogen and oxygen atoms in total. The number of hydrogen-bond acceptors (Lipinski definition) is 4. The van der Waals surface area contributed by atoms with Crippen LogP contribution < -0.4 is 10.5 Å². The molecule has 0 atom stereocenters. The van der Waals surface area contributed by atoms with Gasteiger partial charge in [-0.25, -0.2) is 13.8 Å². The number of ether oxygens (including phenoxy) is 2. The molecule has 0 spiro atoms. The highest BCUT2D eigenvalue weighted by atomic mass is 28.3. The number of pyridine rings is 1. The van der Waals surface area contributed by atoms with E-state index in [9.17, 15) is 22.0 Å². The van der Waals surface area contributed by atoms with Crippen LogP contribution in [0.1, 0.15) is 18.4 Å². The first-order chi connectivity index (χ1) is 15.8. The minimum absolute atomic E-state index is 0.00400. The maximum absolute atomic E-state index is 14.4. The van der Waals surface area contributed by atoms with Crippen LogP contribution in [0.25, 0.3) is 11.0 Å². The highest BCUT2D eigenvalue weighted by molar-refractivity contribution is 6.76. The SMILES string of the molecule is C[Si-](C)(C)CCOCn1cc(C2(C(F)(F)F)CC2)c2c(Oc3c(F)cc(N)cc3F)ccnc21. The first-order valence-electron chi connectivity index (χ1n) is 10.9. The largest absolute Gasteiger partial charge is 0.450 e. The van der Waals surface area contributed by atoms with Gasteiger partial charge in [-0.2, -0.15) is 32.8 Å². The minimum Gasteiger partial charge on any atom is -0.450 e. The molecule has 1 saturated carbocycles. The van der Waals surface area contributed by atoms with E-state index in [4.69, 9.17) is 15.2 Å². The van der Waals surface area contributed by atoms with Crippen molar-refractivity contribution in [1.82, 2.24) is 9.55 Å². The van der Waals surface area contributed by atoms with Gasteiger partial charge < -0.3 is 19.8 Å². The Hall–Kier alpha value is -2.66. The molecule has 0 amide bonds. The second kappa shape index (κ2) is 8.53. The Morgan fingerprint density at radius 2 is 1.79 bits per heavy atom. The van der Waals surface area contributed by atoms with Crippen LogP contribution in [-0.2, 0) is 16.9 Å². The Labute approximate surface area is 194 Å². The average Bonchev–Trinajstić information content (AvgIpc) is 3.44. The summed E-state index contributed by atoms with van der Waals surface area (Å²) in [5.41, 5.74) is 3.40. The molecule has 1 aliphatic rings. The van der Waals surface area contributed by atoms with Crippen LogP contribution in [0.3, 0.4) is 0 Å². The van der Waals surface area contributed by atoms with E-state index in [1.165, 1.54) is 23.0 Å². The maximum Gasteiger partial charge on any atom is 0.398 e. The van der Waals surface area contributed by atoms with Crippen LogP contribution in [0.4, 0.5) is 27.6 Å². The van der Waals surface area contributed by atoms with Gasteiger partial charge in [-0.3, -0.25) is 0 Å². The number of anilines is 1. The Kier molecular flexibility index (Phi) is 6.13. The van der Waals surface area contributed by atoms with Gasteiger partial charge in [0.1, 0.15) is 18.1 Å². The van der Waals surface area contributed by atoms with E-state index < -0.39 is 37.0 Å². The van der Waals surface area contributed by atoms with Crippen LogP contribution in [-0.4, -0.2) is 30.4 Å². The van der Waals surface area contributed by atoms with E-state index in [0.29, 0.717) is 6.61 Å². The molecule has 3 aromatic rings. The molecule has 2 heterocycles. The number of benzene rings is 1. The highest BCUT2D eigenvalue weighted by Gasteiger charge is 2.65. The summed E-state index contributed by atoms with van der Waals surface area (Å²) in [6.45, 7) is 7.05. The van der Waals surface area contributed by atoms with Gasteiger partial charge >= 0.3 is 6.18 Å². The van der Waals surface area contributed by atoms with Crippen molar-refractivity contribution in [3.63, 3.8) is 0 Å². The zero-order valence-corrected chi connectivity index (χ0v) is 20.1. The summed E-state index contributed by atoms with van der Waals surface area (Å²) in [7, 11) is -1.35. The van der Waals surface area contributed by atoms with Gasteiger partial charge in [0.05, 0.1) is 10.8 Å². The van der Waals surface area contributed by atoms with Crippen molar-refractivity contribution < 1.29 is 31.4 Å². The lowest BCUT2D eigenvalue weighted by Gasteiger charge is -2.26. The van der Waals surface area contributed by atoms with E-state index in [1.807, 2.05) is 0 Å². The highest BCUT2D eigenvalue weighted by Crippen LogP contribution is 2.61. The second-order valence-electron chi connectivity index (χ2n) is 9.86. The summed E-state index contributed by atoms with van der Waals surface area (Å²) < 4.78 is 83.7. The summed E-state index contributed by atoms with van der Waals surface area (Å²) in [4.78, 5) is 4.25. The summed E-state index contributed by atoms with van der Waals surface area (Å²) >= 11 is 0. The van der Waals surface area contributed by atoms with Gasteiger partial charge in [0.2, 0.25) is 0 Å². The molecular formula is C23H26F5N3O2Si-. The minimum atomic E-state index is -4.50. The third-order valence-electron chi connectivity index (χ3n) is 5.99. The van der Waals surface area contributed by atoms with E-state index >= 15 is 0 Å².